The highest BCUT2D eigenvalue weighted by Crippen LogP contribution is 2.31. The minimum absolute atomic E-state index is 0.740. The second-order valence-corrected chi connectivity index (χ2v) is 5.67. The van der Waals surface area contributed by atoms with Gasteiger partial charge in [-0.25, -0.2) is 0 Å². The van der Waals surface area contributed by atoms with E-state index in [9.17, 15) is 0 Å². The van der Waals surface area contributed by atoms with Crippen molar-refractivity contribution in [3.63, 3.8) is 0 Å². The Morgan fingerprint density at radius 1 is 1.24 bits per heavy atom. The molecule has 0 aromatic rings. The van der Waals surface area contributed by atoms with Crippen LogP contribution in [0.3, 0.4) is 0 Å². The van der Waals surface area contributed by atoms with Gasteiger partial charge in [-0.2, -0.15) is 0 Å². The van der Waals surface area contributed by atoms with E-state index in [0.29, 0.717) is 0 Å². The first kappa shape index (κ1) is 15.0. The average molecular weight is 240 g/mol. The van der Waals surface area contributed by atoms with E-state index in [1.54, 1.807) is 0 Å². The molecule has 1 aliphatic rings. The molecule has 1 fully saturated rings. The van der Waals surface area contributed by atoms with Crippen molar-refractivity contribution in [1.82, 2.24) is 4.90 Å². The highest BCUT2D eigenvalue weighted by molar-refractivity contribution is 4.87. The standard InChI is InChI=1S/C15H32N2/c1-4-6-7-9-13(3)17(5-2)15-11-8-10-14(15)12-16/h13-15H,4-12,16H2,1-3H3. The maximum Gasteiger partial charge on any atom is 0.0138 e. The van der Waals surface area contributed by atoms with Gasteiger partial charge in [0.1, 0.15) is 0 Å². The molecule has 0 aromatic heterocycles. The maximum absolute atomic E-state index is 5.91. The fraction of sp³-hybridized carbons (Fsp3) is 1.00. The number of nitrogens with two attached hydrogens (primary N) is 1. The van der Waals surface area contributed by atoms with Crippen LogP contribution < -0.4 is 5.73 Å². The second kappa shape index (κ2) is 8.10. The van der Waals surface area contributed by atoms with Gasteiger partial charge in [0.25, 0.3) is 0 Å². The van der Waals surface area contributed by atoms with Crippen LogP contribution in [0, 0.1) is 5.92 Å². The SMILES string of the molecule is CCCCCC(C)N(CC)C1CCCC1CN. The lowest BCUT2D eigenvalue weighted by molar-refractivity contribution is 0.116. The fourth-order valence-electron chi connectivity index (χ4n) is 3.46. The van der Waals surface area contributed by atoms with E-state index >= 15 is 0 Å². The molecule has 0 aliphatic heterocycles. The molecule has 0 amide bonds. The van der Waals surface area contributed by atoms with E-state index < -0.39 is 0 Å². The van der Waals surface area contributed by atoms with Gasteiger partial charge in [-0.15, -0.1) is 0 Å². The van der Waals surface area contributed by atoms with E-state index in [2.05, 4.69) is 25.7 Å². The molecule has 2 heteroatoms. The van der Waals surface area contributed by atoms with Crippen LogP contribution in [0.1, 0.15) is 65.7 Å². The zero-order chi connectivity index (χ0) is 12.7. The van der Waals surface area contributed by atoms with E-state index in [1.807, 2.05) is 0 Å². The molecule has 0 saturated heterocycles. The lowest BCUT2D eigenvalue weighted by atomic mass is 9.99. The van der Waals surface area contributed by atoms with Crippen LogP contribution in [-0.4, -0.2) is 30.1 Å². The van der Waals surface area contributed by atoms with Gasteiger partial charge < -0.3 is 5.73 Å². The Labute approximate surface area is 108 Å². The summed E-state index contributed by atoms with van der Waals surface area (Å²) in [5.41, 5.74) is 5.91. The Kier molecular flexibility index (Phi) is 7.14. The second-order valence-electron chi connectivity index (χ2n) is 5.67. The van der Waals surface area contributed by atoms with Crippen molar-refractivity contribution in [2.24, 2.45) is 11.7 Å². The Hall–Kier alpha value is -0.0800. The minimum atomic E-state index is 0.740. The quantitative estimate of drug-likeness (QED) is 0.659. The summed E-state index contributed by atoms with van der Waals surface area (Å²) in [6.07, 6.45) is 9.54. The van der Waals surface area contributed by atoms with Gasteiger partial charge in [-0.05, 0) is 45.2 Å². The molecule has 2 N–H and O–H groups in total. The lowest BCUT2D eigenvalue weighted by Gasteiger charge is -2.36. The van der Waals surface area contributed by atoms with E-state index in [-0.39, 0.29) is 0 Å². The summed E-state index contributed by atoms with van der Waals surface area (Å²) in [7, 11) is 0. The number of rotatable bonds is 8. The Balaban J connectivity index is 2.45. The van der Waals surface area contributed by atoms with Crippen LogP contribution in [0.4, 0.5) is 0 Å². The largest absolute Gasteiger partial charge is 0.330 e. The molecule has 2 nitrogen and oxygen atoms in total. The topological polar surface area (TPSA) is 29.3 Å². The molecule has 1 saturated carbocycles. The summed E-state index contributed by atoms with van der Waals surface area (Å²) in [6.45, 7) is 9.06. The summed E-state index contributed by atoms with van der Waals surface area (Å²) in [5, 5.41) is 0. The maximum atomic E-state index is 5.91. The number of unbranched alkanes of at least 4 members (excludes halogenated alkanes) is 2. The third-order valence-electron chi connectivity index (χ3n) is 4.50. The normalized spacial score (nSPS) is 26.6. The molecule has 1 rings (SSSR count). The third-order valence-corrected chi connectivity index (χ3v) is 4.50. The summed E-state index contributed by atoms with van der Waals surface area (Å²) in [4.78, 5) is 2.72. The zero-order valence-corrected chi connectivity index (χ0v) is 12.1. The van der Waals surface area contributed by atoms with Crippen molar-refractivity contribution >= 4 is 0 Å². The average Bonchev–Trinajstić information content (AvgIpc) is 2.78. The number of hydrogen-bond donors (Lipinski definition) is 1. The van der Waals surface area contributed by atoms with Crippen molar-refractivity contribution in [2.45, 2.75) is 77.8 Å². The van der Waals surface area contributed by atoms with Crippen molar-refractivity contribution in [2.75, 3.05) is 13.1 Å². The molecule has 3 unspecified atom stereocenters. The number of nitrogens with zero attached hydrogens (tertiary/aromatic N) is 1. The Morgan fingerprint density at radius 3 is 2.59 bits per heavy atom. The number of hydrogen-bond acceptors (Lipinski definition) is 2. The highest BCUT2D eigenvalue weighted by atomic mass is 15.2. The monoisotopic (exact) mass is 240 g/mol. The van der Waals surface area contributed by atoms with Gasteiger partial charge in [0, 0.05) is 12.1 Å². The van der Waals surface area contributed by atoms with Crippen molar-refractivity contribution in [3.8, 4) is 0 Å². The zero-order valence-electron chi connectivity index (χ0n) is 12.1. The van der Waals surface area contributed by atoms with Gasteiger partial charge in [0.2, 0.25) is 0 Å². The Bertz CT molecular complexity index is 193. The Morgan fingerprint density at radius 2 is 2.00 bits per heavy atom. The van der Waals surface area contributed by atoms with E-state index in [4.69, 9.17) is 5.73 Å². The molecular weight excluding hydrogens is 208 g/mol. The molecule has 3 atom stereocenters. The van der Waals surface area contributed by atoms with Crippen molar-refractivity contribution in [3.05, 3.63) is 0 Å². The molecular formula is C15H32N2. The third kappa shape index (κ3) is 4.26. The molecule has 1 aliphatic carbocycles. The first-order valence-corrected chi connectivity index (χ1v) is 7.70. The van der Waals surface area contributed by atoms with E-state index in [1.165, 1.54) is 51.5 Å². The fourth-order valence-corrected chi connectivity index (χ4v) is 3.46. The van der Waals surface area contributed by atoms with Gasteiger partial charge in [0.05, 0.1) is 0 Å². The smallest absolute Gasteiger partial charge is 0.0138 e. The molecule has 0 aromatic carbocycles. The van der Waals surface area contributed by atoms with Crippen molar-refractivity contribution in [1.29, 1.82) is 0 Å². The predicted octanol–water partition coefficient (Wildman–Crippen LogP) is 3.40. The van der Waals surface area contributed by atoms with Gasteiger partial charge >= 0.3 is 0 Å². The van der Waals surface area contributed by atoms with Crippen LogP contribution in [0.25, 0.3) is 0 Å². The molecule has 0 heterocycles. The van der Waals surface area contributed by atoms with E-state index in [0.717, 1.165) is 24.5 Å². The molecule has 0 radical (unpaired) electrons. The van der Waals surface area contributed by atoms with Crippen LogP contribution in [0.5, 0.6) is 0 Å². The minimum Gasteiger partial charge on any atom is -0.330 e. The first-order valence-electron chi connectivity index (χ1n) is 7.70. The molecule has 17 heavy (non-hydrogen) atoms. The summed E-state index contributed by atoms with van der Waals surface area (Å²) >= 11 is 0. The van der Waals surface area contributed by atoms with Crippen molar-refractivity contribution < 1.29 is 0 Å². The van der Waals surface area contributed by atoms with Gasteiger partial charge in [-0.1, -0.05) is 39.5 Å². The van der Waals surface area contributed by atoms with Crippen LogP contribution in [0.2, 0.25) is 0 Å². The van der Waals surface area contributed by atoms with Crippen LogP contribution >= 0.6 is 0 Å². The van der Waals surface area contributed by atoms with Crippen LogP contribution in [-0.2, 0) is 0 Å². The van der Waals surface area contributed by atoms with Gasteiger partial charge in [-0.3, -0.25) is 4.90 Å². The molecule has 0 bridgehead atoms. The highest BCUT2D eigenvalue weighted by Gasteiger charge is 2.32. The van der Waals surface area contributed by atoms with Crippen LogP contribution in [0.15, 0.2) is 0 Å². The predicted molar refractivity (Wildman–Crippen MR) is 76.2 cm³/mol. The summed E-state index contributed by atoms with van der Waals surface area (Å²) < 4.78 is 0. The molecule has 0 spiro atoms. The summed E-state index contributed by atoms with van der Waals surface area (Å²) in [6, 6.07) is 1.50. The van der Waals surface area contributed by atoms with Gasteiger partial charge in [0.15, 0.2) is 0 Å². The first-order chi connectivity index (χ1) is 8.24. The lowest BCUT2D eigenvalue weighted by Crippen LogP contribution is -2.45. The molecule has 102 valence electrons. The summed E-state index contributed by atoms with van der Waals surface area (Å²) in [5.74, 6) is 0.753.